The largest absolute Gasteiger partial charge is 0.396 e. The number of aliphatic hydroxyl groups is 2. The van der Waals surface area contributed by atoms with Gasteiger partial charge in [-0.15, -0.1) is 0 Å². The van der Waals surface area contributed by atoms with Crippen LogP contribution in [0.25, 0.3) is 0 Å². The van der Waals surface area contributed by atoms with Crippen molar-refractivity contribution < 1.29 is 29.4 Å². The van der Waals surface area contributed by atoms with E-state index in [2.05, 4.69) is 21.3 Å². The Morgan fingerprint density at radius 1 is 1.06 bits per heavy atom. The standard InChI is InChI=1S/C25H28N4O6/c30-12-19-17-10-27(11-18(17)19)13-25(35)5-7-28(8-6-25)14-1-2-15-16(9-14)24(34)29(23(15)33)20-3-4-21(31)26-22(20)32/h1-2,9-10,18-20,30,35H,3-8,11-13H2,(H,26,31,32)/t18-,19-,20?/m1/s1. The quantitative estimate of drug-likeness (QED) is 0.497. The average Bonchev–Trinajstić information content (AvgIpc) is 3.20. The highest BCUT2D eigenvalue weighted by atomic mass is 16.3. The van der Waals surface area contributed by atoms with E-state index in [4.69, 9.17) is 0 Å². The number of imide groups is 2. The average molecular weight is 481 g/mol. The number of aliphatic hydroxyl groups excluding tert-OH is 1. The third-order valence-electron chi connectivity index (χ3n) is 8.17. The van der Waals surface area contributed by atoms with Crippen molar-refractivity contribution in [2.24, 2.45) is 11.8 Å². The molecule has 10 heteroatoms. The molecular formula is C25H28N4O6. The maximum atomic E-state index is 13.1. The van der Waals surface area contributed by atoms with E-state index in [9.17, 15) is 29.4 Å². The summed E-state index contributed by atoms with van der Waals surface area (Å²) >= 11 is 0. The number of hydrogen-bond acceptors (Lipinski definition) is 8. The molecule has 3 N–H and O–H groups in total. The fraction of sp³-hybridized carbons (Fsp3) is 0.520. The molecule has 1 unspecified atom stereocenters. The number of rotatable bonds is 5. The monoisotopic (exact) mass is 480 g/mol. The summed E-state index contributed by atoms with van der Waals surface area (Å²) in [5.74, 6) is -1.30. The molecule has 3 fully saturated rings. The number of hydrogen-bond donors (Lipinski definition) is 3. The molecule has 4 heterocycles. The van der Waals surface area contributed by atoms with Gasteiger partial charge in [0.2, 0.25) is 11.8 Å². The van der Waals surface area contributed by atoms with Crippen LogP contribution in [0.5, 0.6) is 0 Å². The molecule has 184 valence electrons. The van der Waals surface area contributed by atoms with E-state index in [1.807, 2.05) is 0 Å². The van der Waals surface area contributed by atoms with Crippen LogP contribution < -0.4 is 10.2 Å². The van der Waals surface area contributed by atoms with Gasteiger partial charge in [-0.1, -0.05) is 0 Å². The Kier molecular flexibility index (Phi) is 5.01. The second kappa shape index (κ2) is 7.89. The first-order chi connectivity index (χ1) is 16.8. The smallest absolute Gasteiger partial charge is 0.262 e. The Labute approximate surface area is 202 Å². The SMILES string of the molecule is O=C1CCC(N2C(=O)c3ccc(N4CCC(O)(CN5C=C6[C@@H](CO)[C@@H]6C5)CC4)cc3C2=O)C(=O)N1. The van der Waals surface area contributed by atoms with Crippen LogP contribution in [0.15, 0.2) is 30.0 Å². The second-order valence-electron chi connectivity index (χ2n) is 10.3. The molecule has 4 amide bonds. The van der Waals surface area contributed by atoms with Crippen molar-refractivity contribution >= 4 is 29.3 Å². The summed E-state index contributed by atoms with van der Waals surface area (Å²) in [5, 5.41) is 22.7. The Balaban J connectivity index is 1.12. The first kappa shape index (κ1) is 22.2. The number of carbonyl (C=O) groups excluding carboxylic acids is 4. The molecule has 1 aromatic rings. The number of piperidine rings is 2. The van der Waals surface area contributed by atoms with Crippen molar-refractivity contribution in [3.8, 4) is 0 Å². The van der Waals surface area contributed by atoms with E-state index in [0.29, 0.717) is 44.3 Å². The number of β-amino-alcohol motifs (C(OH)–C–C–N with tert-alkyl or cyclic N) is 1. The van der Waals surface area contributed by atoms with E-state index in [0.717, 1.165) is 17.1 Å². The summed E-state index contributed by atoms with van der Waals surface area (Å²) in [4.78, 5) is 55.0. The highest BCUT2D eigenvalue weighted by Gasteiger charge is 2.49. The van der Waals surface area contributed by atoms with Crippen molar-refractivity contribution in [1.29, 1.82) is 0 Å². The lowest BCUT2D eigenvalue weighted by molar-refractivity contribution is -0.136. The molecule has 0 aromatic heterocycles. The number of carbonyl (C=O) groups is 4. The summed E-state index contributed by atoms with van der Waals surface area (Å²) in [6.45, 7) is 2.85. The minimum absolute atomic E-state index is 0.0863. The first-order valence-corrected chi connectivity index (χ1v) is 12.2. The minimum Gasteiger partial charge on any atom is -0.396 e. The predicted molar refractivity (Wildman–Crippen MR) is 123 cm³/mol. The normalized spacial score (nSPS) is 29.3. The van der Waals surface area contributed by atoms with Crippen molar-refractivity contribution in [3.05, 3.63) is 41.1 Å². The summed E-state index contributed by atoms with van der Waals surface area (Å²) in [6.07, 6.45) is 3.46. The first-order valence-electron chi connectivity index (χ1n) is 12.2. The van der Waals surface area contributed by atoms with Gasteiger partial charge >= 0.3 is 0 Å². The third kappa shape index (κ3) is 3.63. The highest BCUT2D eigenvalue weighted by Crippen LogP contribution is 2.50. The van der Waals surface area contributed by atoms with Gasteiger partial charge in [0.1, 0.15) is 6.04 Å². The zero-order valence-corrected chi connectivity index (χ0v) is 19.3. The lowest BCUT2D eigenvalue weighted by Crippen LogP contribution is -2.54. The fourth-order valence-corrected chi connectivity index (χ4v) is 6.06. The van der Waals surface area contributed by atoms with Crippen molar-refractivity contribution in [2.45, 2.75) is 37.3 Å². The Morgan fingerprint density at radius 2 is 1.80 bits per heavy atom. The Morgan fingerprint density at radius 3 is 2.46 bits per heavy atom. The van der Waals surface area contributed by atoms with Crippen LogP contribution in [0.1, 0.15) is 46.4 Å². The van der Waals surface area contributed by atoms with Gasteiger partial charge in [-0.3, -0.25) is 29.4 Å². The molecule has 4 aliphatic heterocycles. The molecule has 1 saturated carbocycles. The van der Waals surface area contributed by atoms with Crippen LogP contribution in [0.4, 0.5) is 5.69 Å². The number of nitrogens with one attached hydrogen (secondary N) is 1. The Hall–Kier alpha value is -3.24. The van der Waals surface area contributed by atoms with E-state index in [-0.39, 0.29) is 30.6 Å². The predicted octanol–water partition coefficient (Wildman–Crippen LogP) is -0.143. The molecular weight excluding hydrogens is 452 g/mol. The molecule has 1 aromatic carbocycles. The van der Waals surface area contributed by atoms with Gasteiger partial charge in [0.15, 0.2) is 0 Å². The van der Waals surface area contributed by atoms with E-state index < -0.39 is 35.3 Å². The topological polar surface area (TPSA) is 130 Å². The zero-order chi connectivity index (χ0) is 24.5. The molecule has 35 heavy (non-hydrogen) atoms. The number of fused-ring (bicyclic) bond motifs is 2. The van der Waals surface area contributed by atoms with Crippen LogP contribution in [-0.4, -0.2) is 88.1 Å². The maximum absolute atomic E-state index is 13.1. The van der Waals surface area contributed by atoms with Crippen LogP contribution in [-0.2, 0) is 9.59 Å². The summed E-state index contributed by atoms with van der Waals surface area (Å²) < 4.78 is 0. The van der Waals surface area contributed by atoms with Gasteiger partial charge in [0, 0.05) is 50.1 Å². The second-order valence-corrected chi connectivity index (χ2v) is 10.3. The summed E-state index contributed by atoms with van der Waals surface area (Å²) in [7, 11) is 0. The van der Waals surface area contributed by atoms with Crippen LogP contribution in [0, 0.1) is 11.8 Å². The third-order valence-corrected chi connectivity index (χ3v) is 8.17. The molecule has 0 spiro atoms. The van der Waals surface area contributed by atoms with Crippen molar-refractivity contribution in [1.82, 2.24) is 15.1 Å². The Bertz CT molecular complexity index is 1170. The maximum Gasteiger partial charge on any atom is 0.262 e. The molecule has 0 bridgehead atoms. The number of amides is 4. The van der Waals surface area contributed by atoms with E-state index in [1.54, 1.807) is 18.2 Å². The van der Waals surface area contributed by atoms with Gasteiger partial charge in [-0.25, -0.2) is 0 Å². The van der Waals surface area contributed by atoms with Crippen LogP contribution >= 0.6 is 0 Å². The highest BCUT2D eigenvalue weighted by molar-refractivity contribution is 6.23. The number of benzene rings is 1. The van der Waals surface area contributed by atoms with Gasteiger partial charge in [-0.05, 0) is 49.2 Å². The molecule has 10 nitrogen and oxygen atoms in total. The fourth-order valence-electron chi connectivity index (χ4n) is 6.06. The zero-order valence-electron chi connectivity index (χ0n) is 19.3. The van der Waals surface area contributed by atoms with Crippen LogP contribution in [0.2, 0.25) is 0 Å². The number of anilines is 1. The van der Waals surface area contributed by atoms with Gasteiger partial charge < -0.3 is 20.0 Å². The molecule has 6 rings (SSSR count). The van der Waals surface area contributed by atoms with Crippen LogP contribution in [0.3, 0.4) is 0 Å². The summed E-state index contributed by atoms with van der Waals surface area (Å²) in [6, 6.07) is 4.14. The minimum atomic E-state index is -0.979. The molecule has 3 atom stereocenters. The molecule has 5 aliphatic rings. The lowest BCUT2D eigenvalue weighted by Gasteiger charge is -2.41. The van der Waals surface area contributed by atoms with Gasteiger partial charge in [-0.2, -0.15) is 0 Å². The van der Waals surface area contributed by atoms with Crippen molar-refractivity contribution in [2.75, 3.05) is 37.7 Å². The number of nitrogens with zero attached hydrogens (tertiary/aromatic N) is 3. The van der Waals surface area contributed by atoms with E-state index >= 15 is 0 Å². The summed E-state index contributed by atoms with van der Waals surface area (Å²) in [5.41, 5.74) is 1.81. The van der Waals surface area contributed by atoms with E-state index in [1.165, 1.54) is 5.57 Å². The molecule has 0 radical (unpaired) electrons. The van der Waals surface area contributed by atoms with Gasteiger partial charge in [0.05, 0.1) is 23.3 Å². The lowest BCUT2D eigenvalue weighted by atomic mass is 9.90. The molecule has 2 saturated heterocycles. The van der Waals surface area contributed by atoms with Gasteiger partial charge in [0.25, 0.3) is 11.8 Å². The molecule has 1 aliphatic carbocycles. The van der Waals surface area contributed by atoms with Crippen molar-refractivity contribution in [3.63, 3.8) is 0 Å².